The van der Waals surface area contributed by atoms with E-state index in [2.05, 4.69) is 11.8 Å². The number of hydrogen-bond donors (Lipinski definition) is 0. The molecule has 0 aromatic rings. The molecule has 0 aliphatic carbocycles. The van der Waals surface area contributed by atoms with E-state index in [1.54, 1.807) is 0 Å². The van der Waals surface area contributed by atoms with Crippen molar-refractivity contribution in [1.29, 1.82) is 0 Å². The Morgan fingerprint density at radius 3 is 1.60 bits per heavy atom. The van der Waals surface area contributed by atoms with Crippen molar-refractivity contribution >= 4 is 23.1 Å². The normalized spacial score (nSPS) is 3.60. The Labute approximate surface area is 59.0 Å². The first-order valence-electron chi connectivity index (χ1n) is 0.697. The second kappa shape index (κ2) is 18.9. The molecule has 0 bridgehead atoms. The first-order valence-corrected chi connectivity index (χ1v) is 0.697. The third-order valence-electron chi connectivity index (χ3n) is 0. The van der Waals surface area contributed by atoms with Crippen LogP contribution in [0.4, 0.5) is 0 Å². The Balaban J connectivity index is -0.0000000200. The molecule has 0 heterocycles. The molecule has 0 atom stereocenters. The van der Waals surface area contributed by atoms with Crippen molar-refractivity contribution in [3.05, 3.63) is 7.11 Å². The van der Waals surface area contributed by atoms with E-state index >= 15 is 0 Å². The van der Waals surface area contributed by atoms with Gasteiger partial charge in [0.15, 0.2) is 0 Å². The largest absolute Gasteiger partial charge is 2.00 e. The second-order valence-electron chi connectivity index (χ2n) is 0.289. The van der Waals surface area contributed by atoms with E-state index < -0.39 is 0 Å². The molecule has 3 heteroatoms. The summed E-state index contributed by atoms with van der Waals surface area (Å²) in [6, 6.07) is 0. The summed E-state index contributed by atoms with van der Waals surface area (Å²) in [6.45, 7) is 0. The Bertz CT molecular complexity index is 9.61. The van der Waals surface area contributed by atoms with E-state index in [9.17, 15) is 0 Å². The maximum absolute atomic E-state index is 4.00. The van der Waals surface area contributed by atoms with Crippen LogP contribution in [0, 0.1) is 7.11 Å². The molecule has 0 amide bonds. The first kappa shape index (κ1) is 16.4. The van der Waals surface area contributed by atoms with E-state index in [0.29, 0.717) is 0 Å². The number of halogens is 1. The fraction of sp³-hybridized carbons (Fsp3) is 0.500. The van der Waals surface area contributed by atoms with Crippen LogP contribution in [0.15, 0.2) is 0 Å². The SMILES string of the molecule is [Br-].[CH2-]OC.[Mg+2]. The number of rotatable bonds is 0. The zero-order chi connectivity index (χ0) is 2.71. The molecule has 0 saturated carbocycles. The maximum atomic E-state index is 4.00. The molecule has 1 nitrogen and oxygen atoms in total. The molecule has 0 N–H and O–H groups in total. The summed E-state index contributed by atoms with van der Waals surface area (Å²) < 4.78 is 4.00. The van der Waals surface area contributed by atoms with Crippen LogP contribution in [-0.4, -0.2) is 30.2 Å². The van der Waals surface area contributed by atoms with Crippen LogP contribution in [0.1, 0.15) is 0 Å². The Hall–Kier alpha value is 1.21. The van der Waals surface area contributed by atoms with Gasteiger partial charge in [0.1, 0.15) is 0 Å². The summed E-state index contributed by atoms with van der Waals surface area (Å²) in [4.78, 5) is 0. The molecular formula is C2H5BrMgO. The van der Waals surface area contributed by atoms with Crippen molar-refractivity contribution in [2.45, 2.75) is 0 Å². The molecule has 0 aromatic carbocycles. The molecule has 0 spiro atoms. The van der Waals surface area contributed by atoms with Crippen molar-refractivity contribution in [2.75, 3.05) is 7.11 Å². The van der Waals surface area contributed by atoms with E-state index in [1.807, 2.05) is 0 Å². The molecular weight excluding hydrogens is 144 g/mol. The zero-order valence-corrected chi connectivity index (χ0v) is 6.20. The van der Waals surface area contributed by atoms with Gasteiger partial charge in [-0.3, -0.25) is 0 Å². The Kier molecular flexibility index (Phi) is 61.9. The van der Waals surface area contributed by atoms with Crippen LogP contribution >= 0.6 is 0 Å². The molecule has 0 unspecified atom stereocenters. The molecule has 0 aliphatic rings. The van der Waals surface area contributed by atoms with Gasteiger partial charge in [-0.15, -0.1) is 0 Å². The summed E-state index contributed by atoms with van der Waals surface area (Å²) in [5, 5.41) is 0. The predicted molar refractivity (Wildman–Crippen MR) is 18.1 cm³/mol. The molecule has 0 radical (unpaired) electrons. The summed E-state index contributed by atoms with van der Waals surface area (Å²) in [5.74, 6) is 0. The number of ether oxygens (including phenoxy) is 1. The number of hydrogen-bond acceptors (Lipinski definition) is 1. The van der Waals surface area contributed by atoms with E-state index in [-0.39, 0.29) is 40.0 Å². The first-order chi connectivity index (χ1) is 1.41. The van der Waals surface area contributed by atoms with Gasteiger partial charge in [0.25, 0.3) is 0 Å². The summed E-state index contributed by atoms with van der Waals surface area (Å²) in [6.07, 6.45) is 0. The maximum Gasteiger partial charge on any atom is 2.00 e. The standard InChI is InChI=1S/C2H5O.BrH.Mg/c1-3-2;;/h1H2,2H3;1H;/q-1;;+2/p-1. The average molecular weight is 149 g/mol. The second-order valence-corrected chi connectivity index (χ2v) is 0.289. The summed E-state index contributed by atoms with van der Waals surface area (Å²) >= 11 is 0. The smallest absolute Gasteiger partial charge is 1.00 e. The van der Waals surface area contributed by atoms with Gasteiger partial charge < -0.3 is 21.7 Å². The predicted octanol–water partition coefficient (Wildman–Crippen LogP) is -2.95. The van der Waals surface area contributed by atoms with Gasteiger partial charge in [0.05, 0.1) is 0 Å². The summed E-state index contributed by atoms with van der Waals surface area (Å²) in [5.41, 5.74) is 0. The van der Waals surface area contributed by atoms with Crippen molar-refractivity contribution in [3.63, 3.8) is 0 Å². The average Bonchev–Trinajstić information content (AvgIpc) is 0.918. The van der Waals surface area contributed by atoms with E-state index in [0.717, 1.165) is 0 Å². The van der Waals surface area contributed by atoms with Crippen LogP contribution in [0.2, 0.25) is 0 Å². The topological polar surface area (TPSA) is 9.23 Å². The summed E-state index contributed by atoms with van der Waals surface area (Å²) in [7, 11) is 4.50. The van der Waals surface area contributed by atoms with Crippen LogP contribution in [0.5, 0.6) is 0 Å². The van der Waals surface area contributed by atoms with Gasteiger partial charge in [0.2, 0.25) is 0 Å². The van der Waals surface area contributed by atoms with Crippen LogP contribution in [0.3, 0.4) is 0 Å². The molecule has 5 heavy (non-hydrogen) atoms. The minimum Gasteiger partial charge on any atom is -1.00 e. The molecule has 28 valence electrons. The monoisotopic (exact) mass is 148 g/mol. The molecule has 0 rings (SSSR count). The third kappa shape index (κ3) is 36.8. The zero-order valence-electron chi connectivity index (χ0n) is 3.20. The van der Waals surface area contributed by atoms with Crippen LogP contribution in [-0.2, 0) is 4.74 Å². The van der Waals surface area contributed by atoms with Crippen LogP contribution < -0.4 is 17.0 Å². The fourth-order valence-electron chi connectivity index (χ4n) is 0. The minimum atomic E-state index is 0. The van der Waals surface area contributed by atoms with Crippen molar-refractivity contribution in [1.82, 2.24) is 0 Å². The molecule has 0 aromatic heterocycles. The Morgan fingerprint density at radius 2 is 1.60 bits per heavy atom. The van der Waals surface area contributed by atoms with Gasteiger partial charge >= 0.3 is 23.1 Å². The molecule has 0 aliphatic heterocycles. The van der Waals surface area contributed by atoms with Gasteiger partial charge in [-0.2, -0.15) is 0 Å². The van der Waals surface area contributed by atoms with Crippen molar-refractivity contribution < 1.29 is 21.7 Å². The molecule has 0 fully saturated rings. The minimum absolute atomic E-state index is 0. The van der Waals surface area contributed by atoms with Crippen LogP contribution in [0.25, 0.3) is 0 Å². The quantitative estimate of drug-likeness (QED) is 0.264. The van der Waals surface area contributed by atoms with E-state index in [4.69, 9.17) is 0 Å². The third-order valence-corrected chi connectivity index (χ3v) is 0. The van der Waals surface area contributed by atoms with E-state index in [1.165, 1.54) is 7.11 Å². The molecule has 0 saturated heterocycles. The van der Waals surface area contributed by atoms with Gasteiger partial charge in [0, 0.05) is 0 Å². The van der Waals surface area contributed by atoms with Crippen molar-refractivity contribution in [3.8, 4) is 0 Å². The van der Waals surface area contributed by atoms with Gasteiger partial charge in [-0.1, -0.05) is 0 Å². The fourth-order valence-corrected chi connectivity index (χ4v) is 0. The van der Waals surface area contributed by atoms with Gasteiger partial charge in [-0.05, 0) is 7.11 Å². The van der Waals surface area contributed by atoms with Gasteiger partial charge in [-0.25, -0.2) is 7.11 Å². The van der Waals surface area contributed by atoms with Crippen molar-refractivity contribution in [2.24, 2.45) is 0 Å². The Morgan fingerprint density at radius 1 is 1.60 bits per heavy atom. The number of methoxy groups -OCH3 is 1.